The summed E-state index contributed by atoms with van der Waals surface area (Å²) in [5.41, 5.74) is 0.709. The van der Waals surface area contributed by atoms with Gasteiger partial charge in [-0.05, 0) is 19.4 Å². The molecule has 0 aliphatic carbocycles. The van der Waals surface area contributed by atoms with E-state index in [1.54, 1.807) is 24.3 Å². The zero-order valence-electron chi connectivity index (χ0n) is 9.31. The molecule has 0 heterocycles. The van der Waals surface area contributed by atoms with Crippen LogP contribution in [0.25, 0.3) is 0 Å². The van der Waals surface area contributed by atoms with Crippen molar-refractivity contribution < 1.29 is 9.59 Å². The molecule has 0 N–H and O–H groups in total. The predicted molar refractivity (Wildman–Crippen MR) is 59.6 cm³/mol. The van der Waals surface area contributed by atoms with Gasteiger partial charge in [0.15, 0.2) is 0 Å². The van der Waals surface area contributed by atoms with Crippen molar-refractivity contribution in [3.8, 4) is 6.07 Å². The van der Waals surface area contributed by atoms with E-state index in [0.29, 0.717) is 5.56 Å². The summed E-state index contributed by atoms with van der Waals surface area (Å²) in [6, 6.07) is 11.0. The third-order valence-corrected chi connectivity index (χ3v) is 2.51. The first kappa shape index (κ1) is 12.1. The number of hydrogen-bond donors (Lipinski definition) is 0. The quantitative estimate of drug-likeness (QED) is 0.722. The van der Waals surface area contributed by atoms with Gasteiger partial charge in [-0.25, -0.2) is 0 Å². The predicted octanol–water partition coefficient (Wildman–Crippen LogP) is 2.09. The van der Waals surface area contributed by atoms with Crippen molar-refractivity contribution in [2.24, 2.45) is 5.92 Å². The molecule has 1 aromatic carbocycles. The molecule has 0 radical (unpaired) electrons. The van der Waals surface area contributed by atoms with Crippen LogP contribution in [0.1, 0.15) is 25.3 Å². The topological polar surface area (TPSA) is 57.9 Å². The van der Waals surface area contributed by atoms with E-state index in [4.69, 9.17) is 5.26 Å². The molecule has 0 fully saturated rings. The lowest BCUT2D eigenvalue weighted by atomic mass is 9.82. The van der Waals surface area contributed by atoms with Gasteiger partial charge in [0, 0.05) is 0 Å². The van der Waals surface area contributed by atoms with E-state index >= 15 is 0 Å². The maximum atomic E-state index is 11.4. The highest BCUT2D eigenvalue weighted by Gasteiger charge is 2.30. The van der Waals surface area contributed by atoms with Crippen LogP contribution in [-0.4, -0.2) is 11.6 Å². The van der Waals surface area contributed by atoms with Crippen LogP contribution < -0.4 is 0 Å². The molecule has 1 aromatic rings. The number of hydrogen-bond acceptors (Lipinski definition) is 3. The van der Waals surface area contributed by atoms with Gasteiger partial charge in [0.2, 0.25) is 0 Å². The van der Waals surface area contributed by atoms with E-state index in [-0.39, 0.29) is 11.6 Å². The minimum atomic E-state index is -0.854. The largest absolute Gasteiger partial charge is 0.299 e. The van der Waals surface area contributed by atoms with Crippen LogP contribution in [0, 0.1) is 17.2 Å². The summed E-state index contributed by atoms with van der Waals surface area (Å²) in [4.78, 5) is 22.8. The van der Waals surface area contributed by atoms with Gasteiger partial charge in [0.05, 0.1) is 17.9 Å². The Balaban J connectivity index is 3.12. The molecular formula is C13H13NO2. The number of nitriles is 1. The summed E-state index contributed by atoms with van der Waals surface area (Å²) in [6.45, 7) is 2.69. The molecule has 0 saturated carbocycles. The summed E-state index contributed by atoms with van der Waals surface area (Å²) in [7, 11) is 0. The Morgan fingerprint density at radius 3 is 2.00 bits per heavy atom. The summed E-state index contributed by atoms with van der Waals surface area (Å²) in [5, 5.41) is 9.09. The second-order valence-electron chi connectivity index (χ2n) is 3.72. The number of carbonyl (C=O) groups excluding carboxylic acids is 2. The van der Waals surface area contributed by atoms with E-state index in [0.717, 1.165) is 0 Å². The van der Waals surface area contributed by atoms with Crippen LogP contribution in [0.3, 0.4) is 0 Å². The van der Waals surface area contributed by atoms with Crippen LogP contribution in [0.15, 0.2) is 30.3 Å². The van der Waals surface area contributed by atoms with E-state index < -0.39 is 11.8 Å². The first-order valence-corrected chi connectivity index (χ1v) is 5.03. The lowest BCUT2D eigenvalue weighted by Gasteiger charge is -2.16. The van der Waals surface area contributed by atoms with Crippen LogP contribution in [0.4, 0.5) is 0 Å². The maximum Gasteiger partial charge on any atom is 0.141 e. The van der Waals surface area contributed by atoms with Crippen LogP contribution in [-0.2, 0) is 9.59 Å². The van der Waals surface area contributed by atoms with Crippen LogP contribution in [0.2, 0.25) is 0 Å². The number of benzene rings is 1. The molecule has 0 aliphatic heterocycles. The van der Waals surface area contributed by atoms with Crippen molar-refractivity contribution in [2.75, 3.05) is 0 Å². The highest BCUT2D eigenvalue weighted by atomic mass is 16.1. The molecule has 82 valence electrons. The second kappa shape index (κ2) is 5.22. The van der Waals surface area contributed by atoms with Crippen molar-refractivity contribution in [3.63, 3.8) is 0 Å². The Bertz CT molecular complexity index is 417. The zero-order chi connectivity index (χ0) is 12.1. The van der Waals surface area contributed by atoms with Crippen molar-refractivity contribution >= 4 is 11.6 Å². The number of carbonyl (C=O) groups is 2. The standard InChI is InChI=1S/C13H13NO2/c1-9(15)13(10(2)16)12(8-14)11-6-4-3-5-7-11/h3-7,12-13H,1-2H3. The molecule has 3 nitrogen and oxygen atoms in total. The molecule has 1 atom stereocenters. The fraction of sp³-hybridized carbons (Fsp3) is 0.308. The molecule has 0 bridgehead atoms. The average Bonchev–Trinajstić information content (AvgIpc) is 2.25. The van der Waals surface area contributed by atoms with E-state index in [9.17, 15) is 9.59 Å². The number of rotatable bonds is 4. The van der Waals surface area contributed by atoms with Gasteiger partial charge in [0.1, 0.15) is 11.6 Å². The van der Waals surface area contributed by atoms with Crippen LogP contribution in [0.5, 0.6) is 0 Å². The van der Waals surface area contributed by atoms with Gasteiger partial charge < -0.3 is 0 Å². The molecular weight excluding hydrogens is 202 g/mol. The van der Waals surface area contributed by atoms with E-state index in [1.165, 1.54) is 13.8 Å². The zero-order valence-corrected chi connectivity index (χ0v) is 9.31. The molecule has 0 aromatic heterocycles. The maximum absolute atomic E-state index is 11.4. The summed E-state index contributed by atoms with van der Waals surface area (Å²) in [6.07, 6.45) is 0. The highest BCUT2D eigenvalue weighted by Crippen LogP contribution is 2.25. The SMILES string of the molecule is CC(=O)C(C(C)=O)C(C#N)c1ccccc1. The molecule has 3 heteroatoms. The van der Waals surface area contributed by atoms with E-state index in [1.807, 2.05) is 12.1 Å². The van der Waals surface area contributed by atoms with Gasteiger partial charge in [-0.15, -0.1) is 0 Å². The Labute approximate surface area is 94.7 Å². The molecule has 1 unspecified atom stereocenters. The molecule has 0 saturated heterocycles. The Kier molecular flexibility index (Phi) is 3.96. The highest BCUT2D eigenvalue weighted by molar-refractivity contribution is 6.01. The molecule has 0 spiro atoms. The van der Waals surface area contributed by atoms with Crippen molar-refractivity contribution in [1.82, 2.24) is 0 Å². The fourth-order valence-corrected chi connectivity index (χ4v) is 1.76. The minimum Gasteiger partial charge on any atom is -0.299 e. The van der Waals surface area contributed by atoms with Crippen molar-refractivity contribution in [2.45, 2.75) is 19.8 Å². The number of Topliss-reactive ketones (excluding diaryl/α,β-unsaturated/α-hetero) is 2. The first-order valence-electron chi connectivity index (χ1n) is 5.03. The summed E-state index contributed by atoms with van der Waals surface area (Å²) < 4.78 is 0. The van der Waals surface area contributed by atoms with Crippen molar-refractivity contribution in [3.05, 3.63) is 35.9 Å². The summed E-state index contributed by atoms with van der Waals surface area (Å²) >= 11 is 0. The van der Waals surface area contributed by atoms with Gasteiger partial charge in [0.25, 0.3) is 0 Å². The molecule has 1 rings (SSSR count). The Hall–Kier alpha value is -1.95. The molecule has 0 aliphatic rings. The summed E-state index contributed by atoms with van der Waals surface area (Å²) in [5.74, 6) is -2.06. The number of nitrogens with zero attached hydrogens (tertiary/aromatic N) is 1. The lowest BCUT2D eigenvalue weighted by Crippen LogP contribution is -2.26. The van der Waals surface area contributed by atoms with Gasteiger partial charge in [-0.3, -0.25) is 9.59 Å². The van der Waals surface area contributed by atoms with Crippen molar-refractivity contribution in [1.29, 1.82) is 5.26 Å². The Morgan fingerprint density at radius 1 is 1.12 bits per heavy atom. The smallest absolute Gasteiger partial charge is 0.141 e. The molecule has 16 heavy (non-hydrogen) atoms. The molecule has 0 amide bonds. The third-order valence-electron chi connectivity index (χ3n) is 2.51. The second-order valence-corrected chi connectivity index (χ2v) is 3.72. The lowest BCUT2D eigenvalue weighted by molar-refractivity contribution is -0.130. The van der Waals surface area contributed by atoms with Crippen LogP contribution >= 0.6 is 0 Å². The third kappa shape index (κ3) is 2.54. The number of ketones is 2. The van der Waals surface area contributed by atoms with Gasteiger partial charge in [-0.2, -0.15) is 5.26 Å². The minimum absolute atomic E-state index is 0.261. The van der Waals surface area contributed by atoms with E-state index in [2.05, 4.69) is 0 Å². The average molecular weight is 215 g/mol. The first-order chi connectivity index (χ1) is 7.57. The van der Waals surface area contributed by atoms with Gasteiger partial charge in [-0.1, -0.05) is 30.3 Å². The normalized spacial score (nSPS) is 11.9. The fourth-order valence-electron chi connectivity index (χ4n) is 1.76. The monoisotopic (exact) mass is 215 g/mol. The van der Waals surface area contributed by atoms with Gasteiger partial charge >= 0.3 is 0 Å². The Morgan fingerprint density at radius 2 is 1.62 bits per heavy atom.